The van der Waals surface area contributed by atoms with Crippen molar-refractivity contribution in [2.75, 3.05) is 17.4 Å². The molecule has 4 aromatic rings. The quantitative estimate of drug-likeness (QED) is 0.152. The highest BCUT2D eigenvalue weighted by molar-refractivity contribution is 7.92. The second-order valence-corrected chi connectivity index (χ2v) is 14.6. The molecule has 1 atom stereocenters. The predicted octanol–water partition coefficient (Wildman–Crippen LogP) is 7.91. The maximum Gasteiger partial charge on any atom is 0.264 e. The molecule has 46 heavy (non-hydrogen) atoms. The number of anilines is 1. The smallest absolute Gasteiger partial charge is 0.264 e. The first-order chi connectivity index (χ1) is 21.9. The Hall–Kier alpha value is -3.27. The van der Waals surface area contributed by atoms with E-state index in [0.29, 0.717) is 22.2 Å². The fourth-order valence-electron chi connectivity index (χ4n) is 4.76. The molecule has 0 saturated carbocycles. The summed E-state index contributed by atoms with van der Waals surface area (Å²) in [5.41, 5.74) is 1.29. The third kappa shape index (κ3) is 9.17. The Morgan fingerprint density at radius 1 is 0.783 bits per heavy atom. The topological polar surface area (TPSA) is 86.8 Å². The zero-order valence-electron chi connectivity index (χ0n) is 25.2. The van der Waals surface area contributed by atoms with Crippen LogP contribution in [0.15, 0.2) is 102 Å². The first-order valence-electron chi connectivity index (χ1n) is 14.4. The number of hydrogen-bond acceptors (Lipinski definition) is 4. The molecule has 0 heterocycles. The van der Waals surface area contributed by atoms with Gasteiger partial charge in [0, 0.05) is 45.2 Å². The van der Waals surface area contributed by atoms with Crippen LogP contribution in [0.25, 0.3) is 0 Å². The van der Waals surface area contributed by atoms with Gasteiger partial charge in [-0.1, -0.05) is 115 Å². The maximum atomic E-state index is 14.6. The number of nitrogens with one attached hydrogen (secondary N) is 1. The second-order valence-electron chi connectivity index (χ2n) is 11.0. The summed E-state index contributed by atoms with van der Waals surface area (Å²) in [7, 11) is -4.32. The summed E-state index contributed by atoms with van der Waals surface area (Å²) in [5, 5.41) is 3.89. The van der Waals surface area contributed by atoms with Crippen LogP contribution in [-0.2, 0) is 32.6 Å². The van der Waals surface area contributed by atoms with Gasteiger partial charge in [-0.3, -0.25) is 13.9 Å². The number of sulfonamides is 1. The lowest BCUT2D eigenvalue weighted by Crippen LogP contribution is -2.53. The third-order valence-corrected chi connectivity index (χ3v) is 10.0. The second kappa shape index (κ2) is 16.0. The molecular weight excluding hydrogens is 688 g/mol. The van der Waals surface area contributed by atoms with Gasteiger partial charge in [0.2, 0.25) is 11.8 Å². The van der Waals surface area contributed by atoms with Gasteiger partial charge < -0.3 is 10.2 Å². The average molecular weight is 722 g/mol. The van der Waals surface area contributed by atoms with Crippen LogP contribution in [0.3, 0.4) is 0 Å². The molecule has 0 aromatic heterocycles. The number of carbonyl (C=O) groups excluding carboxylic acids is 2. The van der Waals surface area contributed by atoms with Crippen molar-refractivity contribution in [2.24, 2.45) is 5.92 Å². The van der Waals surface area contributed by atoms with Gasteiger partial charge in [0.15, 0.2) is 0 Å². The molecule has 7 nitrogen and oxygen atoms in total. The first kappa shape index (κ1) is 35.6. The maximum absolute atomic E-state index is 14.6. The molecule has 242 valence electrons. The summed E-state index contributed by atoms with van der Waals surface area (Å²) >= 11 is 25.7. The summed E-state index contributed by atoms with van der Waals surface area (Å²) in [5.74, 6) is -0.938. The van der Waals surface area contributed by atoms with Gasteiger partial charge in [0.05, 0.1) is 10.6 Å². The van der Waals surface area contributed by atoms with E-state index in [2.05, 4.69) is 5.32 Å². The minimum atomic E-state index is -4.32. The molecular formula is C34H33Cl4N3O4S. The zero-order valence-corrected chi connectivity index (χ0v) is 29.0. The molecule has 0 aliphatic heterocycles. The molecule has 0 aliphatic carbocycles. The summed E-state index contributed by atoms with van der Waals surface area (Å²) in [6, 6.07) is 25.1. The molecule has 0 fully saturated rings. The standard InChI is InChI=1S/C34H33Cl4N3O4S/c1-23(2)20-39-34(43)32(16-24-10-5-3-6-11-24)40(21-29-30(37)14-9-15-31(29)38)33(42)22-41(27-18-25(35)17-26(36)19-27)46(44,45)28-12-7-4-8-13-28/h3-15,17-19,23,32H,16,20-22H2,1-2H3,(H,39,43)/t32-/m1/s1. The summed E-state index contributed by atoms with van der Waals surface area (Å²) < 4.78 is 29.1. The normalized spacial score (nSPS) is 12.1. The van der Waals surface area contributed by atoms with E-state index in [1.807, 2.05) is 44.2 Å². The first-order valence-corrected chi connectivity index (χ1v) is 17.4. The van der Waals surface area contributed by atoms with E-state index < -0.39 is 34.4 Å². The zero-order chi connectivity index (χ0) is 33.4. The number of halogens is 4. The highest BCUT2D eigenvalue weighted by Crippen LogP contribution is 2.31. The van der Waals surface area contributed by atoms with Crippen molar-refractivity contribution in [2.45, 2.75) is 37.8 Å². The van der Waals surface area contributed by atoms with Gasteiger partial charge in [-0.15, -0.1) is 0 Å². The van der Waals surface area contributed by atoms with Crippen LogP contribution in [0, 0.1) is 5.92 Å². The Morgan fingerprint density at radius 3 is 1.91 bits per heavy atom. The van der Waals surface area contributed by atoms with E-state index in [0.717, 1.165) is 9.87 Å². The van der Waals surface area contributed by atoms with Gasteiger partial charge >= 0.3 is 0 Å². The molecule has 2 amide bonds. The average Bonchev–Trinajstić information content (AvgIpc) is 3.01. The molecule has 0 spiro atoms. The van der Waals surface area contributed by atoms with Crippen LogP contribution in [0.1, 0.15) is 25.0 Å². The number of amides is 2. The number of benzene rings is 4. The van der Waals surface area contributed by atoms with Gasteiger partial charge in [-0.25, -0.2) is 8.42 Å². The molecule has 0 radical (unpaired) electrons. The lowest BCUT2D eigenvalue weighted by atomic mass is 10.0. The van der Waals surface area contributed by atoms with Crippen molar-refractivity contribution in [1.29, 1.82) is 0 Å². The predicted molar refractivity (Wildman–Crippen MR) is 186 cm³/mol. The van der Waals surface area contributed by atoms with E-state index in [1.54, 1.807) is 36.4 Å². The van der Waals surface area contributed by atoms with Gasteiger partial charge in [-0.05, 0) is 53.9 Å². The molecule has 1 N–H and O–H groups in total. The van der Waals surface area contributed by atoms with Crippen LogP contribution < -0.4 is 9.62 Å². The number of rotatable bonds is 13. The molecule has 0 aliphatic rings. The third-order valence-electron chi connectivity index (χ3n) is 7.09. The van der Waals surface area contributed by atoms with E-state index in [-0.39, 0.29) is 39.5 Å². The molecule has 0 saturated heterocycles. The number of hydrogen-bond donors (Lipinski definition) is 1. The lowest BCUT2D eigenvalue weighted by Gasteiger charge is -2.34. The molecule has 0 unspecified atom stereocenters. The minimum absolute atomic E-state index is 0.0462. The Labute approximate surface area is 290 Å². The summed E-state index contributed by atoms with van der Waals surface area (Å²) in [6.45, 7) is 3.44. The Balaban J connectivity index is 1.85. The Kier molecular flexibility index (Phi) is 12.4. The summed E-state index contributed by atoms with van der Waals surface area (Å²) in [4.78, 5) is 29.7. The fraction of sp³-hybridized carbons (Fsp3) is 0.235. The molecule has 4 rings (SSSR count). The van der Waals surface area contributed by atoms with E-state index in [9.17, 15) is 18.0 Å². The SMILES string of the molecule is CC(C)CNC(=O)[C@@H](Cc1ccccc1)N(Cc1c(Cl)cccc1Cl)C(=O)CN(c1cc(Cl)cc(Cl)c1)S(=O)(=O)c1ccccc1. The largest absolute Gasteiger partial charge is 0.354 e. The Morgan fingerprint density at radius 2 is 1.35 bits per heavy atom. The van der Waals surface area contributed by atoms with Crippen molar-refractivity contribution in [3.63, 3.8) is 0 Å². The molecule has 4 aromatic carbocycles. The monoisotopic (exact) mass is 719 g/mol. The minimum Gasteiger partial charge on any atom is -0.354 e. The van der Waals surface area contributed by atoms with Crippen molar-refractivity contribution in [3.8, 4) is 0 Å². The molecule has 0 bridgehead atoms. The lowest BCUT2D eigenvalue weighted by molar-refractivity contribution is -0.140. The van der Waals surface area contributed by atoms with Crippen molar-refractivity contribution in [3.05, 3.63) is 128 Å². The van der Waals surface area contributed by atoms with Gasteiger partial charge in [0.1, 0.15) is 12.6 Å². The highest BCUT2D eigenvalue weighted by Gasteiger charge is 2.35. The van der Waals surface area contributed by atoms with Crippen molar-refractivity contribution >= 4 is 73.9 Å². The van der Waals surface area contributed by atoms with E-state index in [1.165, 1.54) is 35.2 Å². The van der Waals surface area contributed by atoms with Crippen molar-refractivity contribution in [1.82, 2.24) is 10.2 Å². The number of carbonyl (C=O) groups is 2. The molecule has 12 heteroatoms. The van der Waals surface area contributed by atoms with Crippen molar-refractivity contribution < 1.29 is 18.0 Å². The number of nitrogens with zero attached hydrogens (tertiary/aromatic N) is 2. The van der Waals surface area contributed by atoms with Crippen LogP contribution in [0.5, 0.6) is 0 Å². The van der Waals surface area contributed by atoms with Crippen LogP contribution in [0.4, 0.5) is 5.69 Å². The van der Waals surface area contributed by atoms with Crippen LogP contribution in [0.2, 0.25) is 20.1 Å². The summed E-state index contributed by atoms with van der Waals surface area (Å²) in [6.07, 6.45) is 0.146. The highest BCUT2D eigenvalue weighted by atomic mass is 35.5. The van der Waals surface area contributed by atoms with E-state index >= 15 is 0 Å². The van der Waals surface area contributed by atoms with Gasteiger partial charge in [-0.2, -0.15) is 0 Å². The van der Waals surface area contributed by atoms with Crippen LogP contribution >= 0.6 is 46.4 Å². The van der Waals surface area contributed by atoms with E-state index in [4.69, 9.17) is 46.4 Å². The fourth-order valence-corrected chi connectivity index (χ4v) is 7.21. The van der Waals surface area contributed by atoms with Gasteiger partial charge in [0.25, 0.3) is 10.0 Å². The Bertz CT molecular complexity index is 1730. The van der Waals surface area contributed by atoms with Crippen LogP contribution in [-0.4, -0.2) is 44.3 Å².